The molecule has 0 aliphatic heterocycles. The average molecular weight is 282 g/mol. The zero-order valence-corrected chi connectivity index (χ0v) is 11.6. The molecule has 0 spiro atoms. The summed E-state index contributed by atoms with van der Waals surface area (Å²) in [5, 5.41) is 3.28. The number of carbonyl (C=O) groups is 2. The molecule has 1 N–H and O–H groups in total. The lowest BCUT2D eigenvalue weighted by Crippen LogP contribution is -2.33. The summed E-state index contributed by atoms with van der Waals surface area (Å²) in [5.74, 6) is -0.622. The van der Waals surface area contributed by atoms with Gasteiger partial charge >= 0.3 is 5.97 Å². The maximum atomic E-state index is 11.6. The number of esters is 1. The van der Waals surface area contributed by atoms with Crippen molar-refractivity contribution in [2.45, 2.75) is 19.4 Å². The first-order valence-electron chi connectivity index (χ1n) is 5.82. The molecule has 1 rings (SSSR count). The van der Waals surface area contributed by atoms with E-state index < -0.39 is 0 Å². The third kappa shape index (κ3) is 6.06. The second-order valence-electron chi connectivity index (χ2n) is 4.08. The molecule has 1 aromatic rings. The van der Waals surface area contributed by atoms with Crippen molar-refractivity contribution in [3.63, 3.8) is 0 Å². The summed E-state index contributed by atoms with van der Waals surface area (Å²) in [6, 6.07) is 6.89. The summed E-state index contributed by atoms with van der Waals surface area (Å²) in [5.41, 5.74) is 0.836. The molecule has 0 aliphatic carbocycles. The van der Waals surface area contributed by atoms with E-state index in [0.29, 0.717) is 5.02 Å². The standard InChI is InChI=1S/C14H16ClNO3/c1-10(8-14(18)19-2)16-13(17)7-6-11-4-3-5-12(15)9-11/h3-7,9-10H,8H2,1-2H3,(H,16,17)/b7-6+. The normalized spacial score (nSPS) is 12.2. The smallest absolute Gasteiger partial charge is 0.307 e. The van der Waals surface area contributed by atoms with E-state index in [-0.39, 0.29) is 24.3 Å². The first-order valence-corrected chi connectivity index (χ1v) is 6.20. The predicted molar refractivity (Wildman–Crippen MR) is 74.7 cm³/mol. The van der Waals surface area contributed by atoms with Crippen LogP contribution in [-0.2, 0) is 14.3 Å². The highest BCUT2D eigenvalue weighted by molar-refractivity contribution is 6.30. The van der Waals surface area contributed by atoms with Crippen LogP contribution in [0.2, 0.25) is 5.02 Å². The maximum Gasteiger partial charge on any atom is 0.307 e. The van der Waals surface area contributed by atoms with Crippen LogP contribution in [0, 0.1) is 0 Å². The fourth-order valence-corrected chi connectivity index (χ4v) is 1.66. The molecule has 0 radical (unpaired) electrons. The highest BCUT2D eigenvalue weighted by Gasteiger charge is 2.10. The molecule has 1 aromatic carbocycles. The van der Waals surface area contributed by atoms with E-state index in [1.54, 1.807) is 31.2 Å². The van der Waals surface area contributed by atoms with Crippen LogP contribution in [-0.4, -0.2) is 25.0 Å². The van der Waals surface area contributed by atoms with Crippen LogP contribution < -0.4 is 5.32 Å². The molecule has 5 heteroatoms. The number of benzene rings is 1. The number of ether oxygens (including phenoxy) is 1. The number of methoxy groups -OCH3 is 1. The predicted octanol–water partition coefficient (Wildman–Crippen LogP) is 2.42. The van der Waals surface area contributed by atoms with E-state index >= 15 is 0 Å². The Kier molecular flexibility index (Phi) is 6.09. The second kappa shape index (κ2) is 7.59. The first-order chi connectivity index (χ1) is 9.01. The zero-order valence-electron chi connectivity index (χ0n) is 10.9. The number of rotatable bonds is 5. The van der Waals surface area contributed by atoms with Crippen LogP contribution in [0.1, 0.15) is 18.9 Å². The summed E-state index contributed by atoms with van der Waals surface area (Å²) in [6.07, 6.45) is 3.21. The summed E-state index contributed by atoms with van der Waals surface area (Å²) in [7, 11) is 1.32. The van der Waals surface area contributed by atoms with Gasteiger partial charge in [-0.2, -0.15) is 0 Å². The van der Waals surface area contributed by atoms with Gasteiger partial charge in [-0.25, -0.2) is 0 Å². The minimum atomic E-state index is -0.355. The van der Waals surface area contributed by atoms with Gasteiger partial charge in [-0.15, -0.1) is 0 Å². The fourth-order valence-electron chi connectivity index (χ4n) is 1.46. The van der Waals surface area contributed by atoms with Crippen LogP contribution in [0.3, 0.4) is 0 Å². The average Bonchev–Trinajstić information content (AvgIpc) is 2.36. The molecule has 4 nitrogen and oxygen atoms in total. The van der Waals surface area contributed by atoms with Crippen LogP contribution >= 0.6 is 11.6 Å². The molecule has 0 saturated carbocycles. The first kappa shape index (κ1) is 15.2. The Balaban J connectivity index is 2.49. The zero-order chi connectivity index (χ0) is 14.3. The minimum absolute atomic E-state index is 0.146. The highest BCUT2D eigenvalue weighted by Crippen LogP contribution is 2.11. The number of carbonyl (C=O) groups excluding carboxylic acids is 2. The Bertz CT molecular complexity index is 485. The summed E-state index contributed by atoms with van der Waals surface area (Å²) < 4.78 is 4.52. The van der Waals surface area contributed by atoms with Gasteiger partial charge in [0.2, 0.25) is 5.91 Å². The Labute approximate surface area is 117 Å². The van der Waals surface area contributed by atoms with Crippen molar-refractivity contribution < 1.29 is 14.3 Å². The Morgan fingerprint density at radius 2 is 2.21 bits per heavy atom. The second-order valence-corrected chi connectivity index (χ2v) is 4.51. The quantitative estimate of drug-likeness (QED) is 0.666. The maximum absolute atomic E-state index is 11.6. The van der Waals surface area contributed by atoms with Gasteiger partial charge in [0, 0.05) is 17.1 Å². The fraction of sp³-hybridized carbons (Fsp3) is 0.286. The molecule has 1 unspecified atom stereocenters. The molecule has 102 valence electrons. The van der Waals surface area contributed by atoms with E-state index in [0.717, 1.165) is 5.56 Å². The van der Waals surface area contributed by atoms with Crippen LogP contribution in [0.4, 0.5) is 0 Å². The van der Waals surface area contributed by atoms with Crippen LogP contribution in [0.15, 0.2) is 30.3 Å². The van der Waals surface area contributed by atoms with Crippen molar-refractivity contribution in [2.24, 2.45) is 0 Å². The van der Waals surface area contributed by atoms with Gasteiger partial charge in [-0.1, -0.05) is 23.7 Å². The third-order valence-electron chi connectivity index (χ3n) is 2.37. The Morgan fingerprint density at radius 1 is 1.47 bits per heavy atom. The minimum Gasteiger partial charge on any atom is -0.469 e. The van der Waals surface area contributed by atoms with Gasteiger partial charge in [0.25, 0.3) is 0 Å². The molecule has 1 amide bonds. The van der Waals surface area contributed by atoms with Gasteiger partial charge in [0.1, 0.15) is 0 Å². The molecular weight excluding hydrogens is 266 g/mol. The van der Waals surface area contributed by atoms with Crippen molar-refractivity contribution in [1.82, 2.24) is 5.32 Å². The number of halogens is 1. The lowest BCUT2D eigenvalue weighted by atomic mass is 10.2. The molecule has 0 aliphatic rings. The van der Waals surface area contributed by atoms with Crippen LogP contribution in [0.25, 0.3) is 6.08 Å². The topological polar surface area (TPSA) is 55.4 Å². The number of hydrogen-bond acceptors (Lipinski definition) is 3. The van der Waals surface area contributed by atoms with E-state index in [1.165, 1.54) is 13.2 Å². The summed E-state index contributed by atoms with van der Waals surface area (Å²) in [6.45, 7) is 1.74. The molecular formula is C14H16ClNO3. The van der Waals surface area contributed by atoms with E-state index in [9.17, 15) is 9.59 Å². The molecule has 0 bridgehead atoms. The summed E-state index contributed by atoms with van der Waals surface area (Å²) in [4.78, 5) is 22.6. The van der Waals surface area contributed by atoms with Crippen LogP contribution in [0.5, 0.6) is 0 Å². The molecule has 0 fully saturated rings. The largest absolute Gasteiger partial charge is 0.469 e. The molecule has 19 heavy (non-hydrogen) atoms. The monoisotopic (exact) mass is 281 g/mol. The van der Waals surface area contributed by atoms with Crippen molar-refractivity contribution in [3.05, 3.63) is 40.9 Å². The van der Waals surface area contributed by atoms with Crippen molar-refractivity contribution in [2.75, 3.05) is 7.11 Å². The van der Waals surface area contributed by atoms with Gasteiger partial charge < -0.3 is 10.1 Å². The molecule has 0 aromatic heterocycles. The Hall–Kier alpha value is -1.81. The molecule has 0 heterocycles. The SMILES string of the molecule is COC(=O)CC(C)NC(=O)/C=C/c1cccc(Cl)c1. The molecule has 1 atom stereocenters. The lowest BCUT2D eigenvalue weighted by molar-refractivity contribution is -0.141. The Morgan fingerprint density at radius 3 is 2.84 bits per heavy atom. The lowest BCUT2D eigenvalue weighted by Gasteiger charge is -2.10. The van der Waals surface area contributed by atoms with E-state index in [2.05, 4.69) is 10.1 Å². The van der Waals surface area contributed by atoms with Gasteiger partial charge in [-0.3, -0.25) is 9.59 Å². The number of hydrogen-bond donors (Lipinski definition) is 1. The van der Waals surface area contributed by atoms with Gasteiger partial charge in [0.05, 0.1) is 13.5 Å². The van der Waals surface area contributed by atoms with Crippen molar-refractivity contribution in [3.8, 4) is 0 Å². The van der Waals surface area contributed by atoms with Crippen molar-refractivity contribution in [1.29, 1.82) is 0 Å². The van der Waals surface area contributed by atoms with E-state index in [4.69, 9.17) is 11.6 Å². The van der Waals surface area contributed by atoms with Gasteiger partial charge in [0.15, 0.2) is 0 Å². The highest BCUT2D eigenvalue weighted by atomic mass is 35.5. The van der Waals surface area contributed by atoms with Gasteiger partial charge in [-0.05, 0) is 30.7 Å². The number of amides is 1. The number of nitrogens with one attached hydrogen (secondary N) is 1. The van der Waals surface area contributed by atoms with Crippen molar-refractivity contribution >= 4 is 29.6 Å². The summed E-state index contributed by atoms with van der Waals surface area (Å²) >= 11 is 5.83. The molecule has 0 saturated heterocycles. The van der Waals surface area contributed by atoms with E-state index in [1.807, 2.05) is 6.07 Å². The third-order valence-corrected chi connectivity index (χ3v) is 2.60.